The van der Waals surface area contributed by atoms with E-state index in [-0.39, 0.29) is 5.91 Å². The van der Waals surface area contributed by atoms with E-state index in [9.17, 15) is 4.79 Å². The number of halogens is 1. The highest BCUT2D eigenvalue weighted by Gasteiger charge is 2.40. The lowest BCUT2D eigenvalue weighted by atomic mass is 9.95. The SMILES string of the molecule is COc1ccc(Cl)cc1C(=O)N[C@@H]1C[C@H]2CC[C@@H]1C2. The number of carbonyl (C=O) groups excluding carboxylic acids is 1. The third-order valence-corrected chi connectivity index (χ3v) is 4.70. The van der Waals surface area contributed by atoms with Crippen LogP contribution in [0.3, 0.4) is 0 Å². The fourth-order valence-electron chi connectivity index (χ4n) is 3.53. The fraction of sp³-hybridized carbons (Fsp3) is 0.533. The number of fused-ring (bicyclic) bond motifs is 2. The Morgan fingerprint density at radius 2 is 2.21 bits per heavy atom. The molecule has 0 aliphatic heterocycles. The molecule has 2 fully saturated rings. The molecule has 1 amide bonds. The smallest absolute Gasteiger partial charge is 0.255 e. The van der Waals surface area contributed by atoms with E-state index in [4.69, 9.17) is 16.3 Å². The van der Waals surface area contributed by atoms with E-state index in [1.807, 2.05) is 0 Å². The second kappa shape index (κ2) is 5.04. The molecule has 1 aromatic rings. The summed E-state index contributed by atoms with van der Waals surface area (Å²) in [4.78, 5) is 12.4. The number of benzene rings is 1. The lowest BCUT2D eigenvalue weighted by molar-refractivity contribution is 0.0920. The molecule has 2 aliphatic rings. The van der Waals surface area contributed by atoms with Gasteiger partial charge < -0.3 is 10.1 Å². The summed E-state index contributed by atoms with van der Waals surface area (Å²) in [5.74, 6) is 1.98. The van der Waals surface area contributed by atoms with E-state index in [0.29, 0.717) is 28.3 Å². The van der Waals surface area contributed by atoms with Crippen molar-refractivity contribution in [3.63, 3.8) is 0 Å². The zero-order chi connectivity index (χ0) is 13.4. The van der Waals surface area contributed by atoms with Gasteiger partial charge in [0.25, 0.3) is 5.91 Å². The summed E-state index contributed by atoms with van der Waals surface area (Å²) in [6.07, 6.45) is 4.98. The quantitative estimate of drug-likeness (QED) is 0.922. The molecule has 0 heterocycles. The molecule has 0 unspecified atom stereocenters. The predicted octanol–water partition coefficient (Wildman–Crippen LogP) is 3.27. The number of amides is 1. The summed E-state index contributed by atoms with van der Waals surface area (Å²) in [7, 11) is 1.57. The van der Waals surface area contributed by atoms with Gasteiger partial charge >= 0.3 is 0 Å². The van der Waals surface area contributed by atoms with Crippen molar-refractivity contribution in [1.82, 2.24) is 5.32 Å². The summed E-state index contributed by atoms with van der Waals surface area (Å²) in [6.45, 7) is 0. The highest BCUT2D eigenvalue weighted by molar-refractivity contribution is 6.31. The maximum Gasteiger partial charge on any atom is 0.255 e. The molecule has 3 nitrogen and oxygen atoms in total. The first-order valence-corrected chi connectivity index (χ1v) is 7.19. The Hall–Kier alpha value is -1.22. The minimum absolute atomic E-state index is 0.0723. The van der Waals surface area contributed by atoms with Crippen molar-refractivity contribution in [3.8, 4) is 5.75 Å². The zero-order valence-corrected chi connectivity index (χ0v) is 11.7. The molecule has 2 bridgehead atoms. The van der Waals surface area contributed by atoms with E-state index in [1.165, 1.54) is 19.3 Å². The number of rotatable bonds is 3. The maximum atomic E-state index is 12.4. The molecule has 0 spiro atoms. The molecule has 2 saturated carbocycles. The highest BCUT2D eigenvalue weighted by Crippen LogP contribution is 2.44. The van der Waals surface area contributed by atoms with Crippen LogP contribution in [0.25, 0.3) is 0 Å². The van der Waals surface area contributed by atoms with Crippen molar-refractivity contribution in [2.75, 3.05) is 7.11 Å². The van der Waals surface area contributed by atoms with Gasteiger partial charge in [0.15, 0.2) is 0 Å². The van der Waals surface area contributed by atoms with Gasteiger partial charge in [-0.25, -0.2) is 0 Å². The van der Waals surface area contributed by atoms with Gasteiger partial charge in [0.1, 0.15) is 5.75 Å². The van der Waals surface area contributed by atoms with Gasteiger partial charge in [-0.1, -0.05) is 18.0 Å². The van der Waals surface area contributed by atoms with Crippen LogP contribution in [0.15, 0.2) is 18.2 Å². The Morgan fingerprint density at radius 3 is 2.84 bits per heavy atom. The molecule has 3 atom stereocenters. The molecule has 1 N–H and O–H groups in total. The van der Waals surface area contributed by atoms with E-state index in [2.05, 4.69) is 5.32 Å². The number of nitrogens with one attached hydrogen (secondary N) is 1. The third kappa shape index (κ3) is 2.44. The Kier molecular flexibility index (Phi) is 3.40. The summed E-state index contributed by atoms with van der Waals surface area (Å²) >= 11 is 5.96. The molecule has 2 aliphatic carbocycles. The maximum absolute atomic E-state index is 12.4. The summed E-state index contributed by atoms with van der Waals surface area (Å²) in [6, 6.07) is 5.46. The molecule has 0 saturated heterocycles. The van der Waals surface area contributed by atoms with Crippen molar-refractivity contribution in [3.05, 3.63) is 28.8 Å². The van der Waals surface area contributed by atoms with Crippen LogP contribution >= 0.6 is 11.6 Å². The van der Waals surface area contributed by atoms with Crippen LogP contribution in [0.2, 0.25) is 5.02 Å². The number of ether oxygens (including phenoxy) is 1. The Balaban J connectivity index is 1.75. The minimum atomic E-state index is -0.0723. The molecule has 19 heavy (non-hydrogen) atoms. The first-order valence-electron chi connectivity index (χ1n) is 6.82. The molecule has 0 radical (unpaired) electrons. The first-order chi connectivity index (χ1) is 9.17. The van der Waals surface area contributed by atoms with Crippen LogP contribution < -0.4 is 10.1 Å². The van der Waals surface area contributed by atoms with Crippen LogP contribution in [-0.2, 0) is 0 Å². The molecule has 3 rings (SSSR count). The van der Waals surface area contributed by atoms with Gasteiger partial charge in [0, 0.05) is 11.1 Å². The lowest BCUT2D eigenvalue weighted by Gasteiger charge is -2.23. The van der Waals surface area contributed by atoms with E-state index in [1.54, 1.807) is 25.3 Å². The number of hydrogen-bond donors (Lipinski definition) is 1. The van der Waals surface area contributed by atoms with Gasteiger partial charge in [0.05, 0.1) is 12.7 Å². The molecule has 102 valence electrons. The van der Waals surface area contributed by atoms with Gasteiger partial charge in [0.2, 0.25) is 0 Å². The van der Waals surface area contributed by atoms with Crippen LogP contribution in [0.5, 0.6) is 5.75 Å². The second-order valence-electron chi connectivity index (χ2n) is 5.60. The van der Waals surface area contributed by atoms with Gasteiger partial charge in [-0.3, -0.25) is 4.79 Å². The summed E-state index contributed by atoms with van der Waals surface area (Å²) in [5.41, 5.74) is 0.526. The van der Waals surface area contributed by atoms with Gasteiger partial charge in [-0.15, -0.1) is 0 Å². The summed E-state index contributed by atoms with van der Waals surface area (Å²) in [5, 5.41) is 3.71. The molecule has 0 aromatic heterocycles. The van der Waals surface area contributed by atoms with Crippen LogP contribution in [-0.4, -0.2) is 19.1 Å². The standard InChI is InChI=1S/C15H18ClNO2/c1-19-14-5-4-11(16)8-12(14)15(18)17-13-7-9-2-3-10(13)6-9/h4-5,8-10,13H,2-3,6-7H2,1H3,(H,17,18)/t9-,10+,13+/m0/s1. The first kappa shape index (κ1) is 12.8. The van der Waals surface area contributed by atoms with Crippen molar-refractivity contribution in [1.29, 1.82) is 0 Å². The summed E-state index contributed by atoms with van der Waals surface area (Å²) < 4.78 is 5.23. The van der Waals surface area contributed by atoms with Crippen LogP contribution in [0, 0.1) is 11.8 Å². The van der Waals surface area contributed by atoms with Crippen molar-refractivity contribution in [2.45, 2.75) is 31.7 Å². The average molecular weight is 280 g/mol. The predicted molar refractivity (Wildman–Crippen MR) is 74.7 cm³/mol. The van der Waals surface area contributed by atoms with E-state index in [0.717, 1.165) is 12.3 Å². The number of carbonyl (C=O) groups is 1. The third-order valence-electron chi connectivity index (χ3n) is 4.46. The Labute approximate surface area is 118 Å². The topological polar surface area (TPSA) is 38.3 Å². The molecular weight excluding hydrogens is 262 g/mol. The van der Waals surface area contributed by atoms with E-state index < -0.39 is 0 Å². The highest BCUT2D eigenvalue weighted by atomic mass is 35.5. The molecular formula is C15H18ClNO2. The van der Waals surface area contributed by atoms with Crippen LogP contribution in [0.1, 0.15) is 36.0 Å². The monoisotopic (exact) mass is 279 g/mol. The van der Waals surface area contributed by atoms with Crippen molar-refractivity contribution < 1.29 is 9.53 Å². The fourth-order valence-corrected chi connectivity index (χ4v) is 3.70. The lowest BCUT2D eigenvalue weighted by Crippen LogP contribution is -2.38. The van der Waals surface area contributed by atoms with Gasteiger partial charge in [-0.05, 0) is 49.3 Å². The number of hydrogen-bond acceptors (Lipinski definition) is 2. The Morgan fingerprint density at radius 1 is 1.37 bits per heavy atom. The second-order valence-corrected chi connectivity index (χ2v) is 6.04. The Bertz CT molecular complexity index is 503. The molecule has 1 aromatic carbocycles. The van der Waals surface area contributed by atoms with Crippen molar-refractivity contribution >= 4 is 17.5 Å². The molecule has 4 heteroatoms. The van der Waals surface area contributed by atoms with Crippen molar-refractivity contribution in [2.24, 2.45) is 11.8 Å². The normalized spacial score (nSPS) is 28.4. The van der Waals surface area contributed by atoms with Gasteiger partial charge in [-0.2, -0.15) is 0 Å². The largest absolute Gasteiger partial charge is 0.496 e. The zero-order valence-electron chi connectivity index (χ0n) is 11.0. The number of methoxy groups -OCH3 is 1. The van der Waals surface area contributed by atoms with E-state index >= 15 is 0 Å². The minimum Gasteiger partial charge on any atom is -0.496 e. The van der Waals surface area contributed by atoms with Crippen LogP contribution in [0.4, 0.5) is 0 Å². The average Bonchev–Trinajstić information content (AvgIpc) is 3.01.